The maximum atomic E-state index is 3.51. The lowest BCUT2D eigenvalue weighted by Crippen LogP contribution is -2.58. The number of hydrogen-bond donors (Lipinski definition) is 1. The predicted molar refractivity (Wildman–Crippen MR) is 78.3 cm³/mol. The molecule has 1 saturated carbocycles. The Kier molecular flexibility index (Phi) is 3.55. The van der Waals surface area contributed by atoms with Gasteiger partial charge in [-0.1, -0.05) is 0 Å². The van der Waals surface area contributed by atoms with Gasteiger partial charge in [-0.05, 0) is 76.5 Å². The highest BCUT2D eigenvalue weighted by Crippen LogP contribution is 2.38. The Labute approximate surface area is 117 Å². The van der Waals surface area contributed by atoms with E-state index in [-0.39, 0.29) is 0 Å². The fourth-order valence-corrected chi connectivity index (χ4v) is 4.63. The Morgan fingerprint density at radius 2 is 1.68 bits per heavy atom. The molecular weight excluding hydrogens is 234 g/mol. The lowest BCUT2D eigenvalue weighted by Gasteiger charge is -2.50. The molecule has 108 valence electrons. The van der Waals surface area contributed by atoms with Crippen molar-refractivity contribution in [2.24, 2.45) is 11.8 Å². The molecule has 0 amide bonds. The molecule has 0 aromatic carbocycles. The third-order valence-electron chi connectivity index (χ3n) is 5.99. The number of rotatable bonds is 4. The normalized spacial score (nSPS) is 39.9. The molecule has 5 aliphatic rings. The lowest BCUT2D eigenvalue weighted by molar-refractivity contribution is -0.00727. The molecule has 19 heavy (non-hydrogen) atoms. The zero-order chi connectivity index (χ0) is 12.7. The van der Waals surface area contributed by atoms with Gasteiger partial charge in [0.25, 0.3) is 0 Å². The molecular formula is C16H29N3. The van der Waals surface area contributed by atoms with Crippen molar-refractivity contribution in [2.75, 3.05) is 39.3 Å². The van der Waals surface area contributed by atoms with E-state index in [1.807, 2.05) is 0 Å². The van der Waals surface area contributed by atoms with Gasteiger partial charge < -0.3 is 10.2 Å². The van der Waals surface area contributed by atoms with Crippen molar-refractivity contribution in [3.05, 3.63) is 0 Å². The SMILES string of the molecule is C1CC(CN(C2CC2)C2CN3CCC2CC3)CCN1. The summed E-state index contributed by atoms with van der Waals surface area (Å²) in [4.78, 5) is 5.69. The summed E-state index contributed by atoms with van der Waals surface area (Å²) in [6.07, 6.45) is 8.72. The highest BCUT2D eigenvalue weighted by molar-refractivity contribution is 4.98. The topological polar surface area (TPSA) is 18.5 Å². The molecule has 3 heteroatoms. The number of piperidine rings is 4. The molecule has 3 nitrogen and oxygen atoms in total. The van der Waals surface area contributed by atoms with Crippen molar-refractivity contribution >= 4 is 0 Å². The predicted octanol–water partition coefficient (Wildman–Crippen LogP) is 1.54. The van der Waals surface area contributed by atoms with Crippen molar-refractivity contribution in [2.45, 2.75) is 50.6 Å². The number of fused-ring (bicyclic) bond motifs is 3. The van der Waals surface area contributed by atoms with E-state index in [1.54, 1.807) is 0 Å². The Morgan fingerprint density at radius 3 is 2.26 bits per heavy atom. The summed E-state index contributed by atoms with van der Waals surface area (Å²) in [5.41, 5.74) is 0. The number of nitrogens with zero attached hydrogens (tertiary/aromatic N) is 2. The van der Waals surface area contributed by atoms with Crippen LogP contribution in [0.5, 0.6) is 0 Å². The molecule has 1 N–H and O–H groups in total. The molecule has 4 saturated heterocycles. The van der Waals surface area contributed by atoms with Gasteiger partial charge in [-0.3, -0.25) is 4.90 Å². The highest BCUT2D eigenvalue weighted by atomic mass is 15.3. The molecule has 0 aromatic heterocycles. The van der Waals surface area contributed by atoms with Crippen LogP contribution in [0.2, 0.25) is 0 Å². The second-order valence-electron chi connectivity index (χ2n) is 7.33. The summed E-state index contributed by atoms with van der Waals surface area (Å²) < 4.78 is 0. The maximum Gasteiger partial charge on any atom is 0.0255 e. The minimum atomic E-state index is 0.907. The van der Waals surface area contributed by atoms with Crippen molar-refractivity contribution in [3.63, 3.8) is 0 Å². The van der Waals surface area contributed by atoms with Crippen LogP contribution < -0.4 is 5.32 Å². The van der Waals surface area contributed by atoms with Crippen LogP contribution in [0.15, 0.2) is 0 Å². The van der Waals surface area contributed by atoms with Crippen LogP contribution in [0.4, 0.5) is 0 Å². The summed E-state index contributed by atoms with van der Waals surface area (Å²) in [6.45, 7) is 8.06. The summed E-state index contributed by atoms with van der Waals surface area (Å²) in [7, 11) is 0. The van der Waals surface area contributed by atoms with Gasteiger partial charge in [-0.2, -0.15) is 0 Å². The first kappa shape index (κ1) is 12.6. The van der Waals surface area contributed by atoms with Crippen molar-refractivity contribution < 1.29 is 0 Å². The van der Waals surface area contributed by atoms with Gasteiger partial charge in [0, 0.05) is 25.2 Å². The van der Waals surface area contributed by atoms with Gasteiger partial charge in [0.05, 0.1) is 0 Å². The van der Waals surface area contributed by atoms with Crippen LogP contribution in [0.3, 0.4) is 0 Å². The first-order valence-corrected chi connectivity index (χ1v) is 8.59. The average Bonchev–Trinajstić information content (AvgIpc) is 3.32. The molecule has 0 spiro atoms. The molecule has 5 fully saturated rings. The minimum absolute atomic E-state index is 0.907. The molecule has 1 aliphatic carbocycles. The summed E-state index contributed by atoms with van der Waals surface area (Å²) in [6, 6.07) is 1.87. The van der Waals surface area contributed by atoms with E-state index in [9.17, 15) is 0 Å². The molecule has 0 radical (unpaired) electrons. The van der Waals surface area contributed by atoms with Gasteiger partial charge in [-0.15, -0.1) is 0 Å². The van der Waals surface area contributed by atoms with Crippen molar-refractivity contribution in [3.8, 4) is 0 Å². The molecule has 5 rings (SSSR count). The van der Waals surface area contributed by atoms with Crippen LogP contribution >= 0.6 is 0 Å². The van der Waals surface area contributed by atoms with E-state index in [0.717, 1.165) is 23.9 Å². The second kappa shape index (κ2) is 5.34. The number of nitrogens with one attached hydrogen (secondary N) is 1. The molecule has 4 heterocycles. The van der Waals surface area contributed by atoms with Crippen LogP contribution in [0.25, 0.3) is 0 Å². The average molecular weight is 263 g/mol. The third kappa shape index (κ3) is 2.70. The van der Waals surface area contributed by atoms with Crippen LogP contribution in [0, 0.1) is 11.8 Å². The van der Waals surface area contributed by atoms with Gasteiger partial charge in [0.2, 0.25) is 0 Å². The highest BCUT2D eigenvalue weighted by Gasteiger charge is 2.43. The van der Waals surface area contributed by atoms with Crippen LogP contribution in [-0.4, -0.2) is 61.2 Å². The quantitative estimate of drug-likeness (QED) is 0.830. The Morgan fingerprint density at radius 1 is 0.947 bits per heavy atom. The summed E-state index contributed by atoms with van der Waals surface area (Å²) in [5.74, 6) is 1.99. The minimum Gasteiger partial charge on any atom is -0.317 e. The van der Waals surface area contributed by atoms with Gasteiger partial charge >= 0.3 is 0 Å². The van der Waals surface area contributed by atoms with Crippen LogP contribution in [0.1, 0.15) is 38.5 Å². The smallest absolute Gasteiger partial charge is 0.0255 e. The number of hydrogen-bond acceptors (Lipinski definition) is 3. The Hall–Kier alpha value is -0.120. The molecule has 1 atom stereocenters. The van der Waals surface area contributed by atoms with Gasteiger partial charge in [0.1, 0.15) is 0 Å². The maximum absolute atomic E-state index is 3.51. The van der Waals surface area contributed by atoms with E-state index in [2.05, 4.69) is 15.1 Å². The fourth-order valence-electron chi connectivity index (χ4n) is 4.63. The largest absolute Gasteiger partial charge is 0.317 e. The van der Waals surface area contributed by atoms with E-state index in [1.165, 1.54) is 77.8 Å². The van der Waals surface area contributed by atoms with E-state index >= 15 is 0 Å². The Balaban J connectivity index is 1.42. The van der Waals surface area contributed by atoms with Crippen molar-refractivity contribution in [1.82, 2.24) is 15.1 Å². The van der Waals surface area contributed by atoms with E-state index in [4.69, 9.17) is 0 Å². The van der Waals surface area contributed by atoms with Gasteiger partial charge in [0.15, 0.2) is 0 Å². The molecule has 0 aromatic rings. The molecule has 1 unspecified atom stereocenters. The summed E-state index contributed by atoms with van der Waals surface area (Å²) >= 11 is 0. The lowest BCUT2D eigenvalue weighted by atomic mass is 9.82. The monoisotopic (exact) mass is 263 g/mol. The summed E-state index contributed by atoms with van der Waals surface area (Å²) in [5, 5.41) is 3.51. The van der Waals surface area contributed by atoms with E-state index < -0.39 is 0 Å². The van der Waals surface area contributed by atoms with Gasteiger partial charge in [-0.25, -0.2) is 0 Å². The van der Waals surface area contributed by atoms with Crippen LogP contribution in [-0.2, 0) is 0 Å². The molecule has 2 bridgehead atoms. The fraction of sp³-hybridized carbons (Fsp3) is 1.00. The zero-order valence-corrected chi connectivity index (χ0v) is 12.2. The molecule has 4 aliphatic heterocycles. The third-order valence-corrected chi connectivity index (χ3v) is 5.99. The standard InChI is InChI=1S/C16H29N3/c1-2-15(1)19(11-13-3-7-17-8-4-13)16-12-18-9-5-14(16)6-10-18/h13-17H,1-12H2. The first-order chi connectivity index (χ1) is 9.40. The zero-order valence-electron chi connectivity index (χ0n) is 12.2. The Bertz CT molecular complexity index is 301. The first-order valence-electron chi connectivity index (χ1n) is 8.59. The van der Waals surface area contributed by atoms with E-state index in [0.29, 0.717) is 0 Å². The second-order valence-corrected chi connectivity index (χ2v) is 7.33. The van der Waals surface area contributed by atoms with Crippen molar-refractivity contribution in [1.29, 1.82) is 0 Å².